The summed E-state index contributed by atoms with van der Waals surface area (Å²) in [5.74, 6) is 0. The maximum atomic E-state index is 2.50. The van der Waals surface area contributed by atoms with Crippen molar-refractivity contribution in [2.45, 2.75) is 32.2 Å². The molecule has 0 aromatic carbocycles. The minimum Gasteiger partial charge on any atom is -0.306 e. The highest BCUT2D eigenvalue weighted by atomic mass is 15.2. The highest BCUT2D eigenvalue weighted by Gasteiger charge is 2.40. The zero-order valence-corrected chi connectivity index (χ0v) is 9.21. The van der Waals surface area contributed by atoms with Crippen LogP contribution in [-0.2, 0) is 0 Å². The Morgan fingerprint density at radius 1 is 1.15 bits per heavy atom. The summed E-state index contributed by atoms with van der Waals surface area (Å²) in [5.41, 5.74) is 0.681. The van der Waals surface area contributed by atoms with E-state index in [9.17, 15) is 0 Å². The molecule has 2 saturated heterocycles. The first-order valence-electron chi connectivity index (χ1n) is 5.50. The van der Waals surface area contributed by atoms with Gasteiger partial charge in [0.1, 0.15) is 0 Å². The fourth-order valence-corrected chi connectivity index (χ4v) is 3.05. The second-order valence-corrected chi connectivity index (χ2v) is 5.27. The third-order valence-corrected chi connectivity index (χ3v) is 4.10. The number of nitrogens with zero attached hydrogens (tertiary/aromatic N) is 2. The molecule has 0 radical (unpaired) electrons. The Labute approximate surface area is 81.9 Å². The molecule has 0 N–H and O–H groups in total. The first kappa shape index (κ1) is 9.47. The molecule has 0 aliphatic carbocycles. The Morgan fingerprint density at radius 3 is 2.38 bits per heavy atom. The zero-order chi connectivity index (χ0) is 9.47. The normalized spacial score (nSPS) is 43.2. The summed E-state index contributed by atoms with van der Waals surface area (Å²) in [5, 5.41) is 0. The van der Waals surface area contributed by atoms with Crippen molar-refractivity contribution in [1.29, 1.82) is 0 Å². The maximum Gasteiger partial charge on any atom is 0.00696 e. The number of hydrogen-bond donors (Lipinski definition) is 0. The van der Waals surface area contributed by atoms with Crippen LogP contribution in [0.4, 0.5) is 0 Å². The van der Waals surface area contributed by atoms with Gasteiger partial charge in [-0.2, -0.15) is 0 Å². The lowest BCUT2D eigenvalue weighted by Crippen LogP contribution is -2.44. The fourth-order valence-electron chi connectivity index (χ4n) is 3.05. The molecular weight excluding hydrogens is 160 g/mol. The predicted molar refractivity (Wildman–Crippen MR) is 55.9 cm³/mol. The molecule has 76 valence electrons. The molecule has 2 aliphatic heterocycles. The summed E-state index contributed by atoms with van der Waals surface area (Å²) in [6.45, 7) is 6.33. The quantitative estimate of drug-likeness (QED) is 0.559. The van der Waals surface area contributed by atoms with E-state index in [1.807, 2.05) is 0 Å². The van der Waals surface area contributed by atoms with Crippen LogP contribution < -0.4 is 0 Å². The highest BCUT2D eigenvalue weighted by molar-refractivity contribution is 4.94. The molecule has 0 amide bonds. The molecule has 2 unspecified atom stereocenters. The molecular formula is C11H22N2. The molecule has 0 saturated carbocycles. The summed E-state index contributed by atoms with van der Waals surface area (Å²) in [4.78, 5) is 5.00. The Morgan fingerprint density at radius 2 is 1.85 bits per heavy atom. The van der Waals surface area contributed by atoms with E-state index in [-0.39, 0.29) is 0 Å². The Hall–Kier alpha value is -0.0800. The van der Waals surface area contributed by atoms with E-state index in [4.69, 9.17) is 0 Å². The van der Waals surface area contributed by atoms with Crippen LogP contribution in [0.3, 0.4) is 0 Å². The van der Waals surface area contributed by atoms with Gasteiger partial charge in [0, 0.05) is 12.6 Å². The van der Waals surface area contributed by atoms with Gasteiger partial charge in [-0.1, -0.05) is 0 Å². The minimum atomic E-state index is 0.681. The molecule has 2 heterocycles. The lowest BCUT2D eigenvalue weighted by Gasteiger charge is -2.42. The van der Waals surface area contributed by atoms with Crippen LogP contribution in [-0.4, -0.2) is 49.6 Å². The number of hydrogen-bond acceptors (Lipinski definition) is 2. The van der Waals surface area contributed by atoms with Gasteiger partial charge in [0.15, 0.2) is 0 Å². The summed E-state index contributed by atoms with van der Waals surface area (Å²) < 4.78 is 0. The van der Waals surface area contributed by atoms with Crippen molar-refractivity contribution in [2.75, 3.05) is 33.7 Å². The molecule has 2 rings (SSSR count). The van der Waals surface area contributed by atoms with Crippen molar-refractivity contribution in [2.24, 2.45) is 5.41 Å². The first-order valence-corrected chi connectivity index (χ1v) is 5.50. The maximum absolute atomic E-state index is 2.50. The van der Waals surface area contributed by atoms with Crippen LogP contribution in [0.15, 0.2) is 0 Å². The molecule has 0 bridgehead atoms. The summed E-state index contributed by atoms with van der Waals surface area (Å²) in [7, 11) is 4.52. The van der Waals surface area contributed by atoms with Gasteiger partial charge in [0.05, 0.1) is 0 Å². The highest BCUT2D eigenvalue weighted by Crippen LogP contribution is 2.41. The van der Waals surface area contributed by atoms with Crippen LogP contribution in [0.5, 0.6) is 0 Å². The molecule has 2 heteroatoms. The van der Waals surface area contributed by atoms with Gasteiger partial charge in [-0.15, -0.1) is 0 Å². The van der Waals surface area contributed by atoms with Crippen molar-refractivity contribution in [3.05, 3.63) is 0 Å². The fraction of sp³-hybridized carbons (Fsp3) is 1.00. The third kappa shape index (κ3) is 1.75. The number of rotatable bonds is 0. The lowest BCUT2D eigenvalue weighted by molar-refractivity contribution is 0.0832. The third-order valence-electron chi connectivity index (χ3n) is 4.10. The Bertz CT molecular complexity index is 193. The van der Waals surface area contributed by atoms with Gasteiger partial charge >= 0.3 is 0 Å². The standard InChI is InChI=1S/C11H22N2/c1-10-8-11(5-7-13(10)3)4-6-12(2)9-11/h10H,4-9H2,1-3H3. The smallest absolute Gasteiger partial charge is 0.00696 e. The van der Waals surface area contributed by atoms with Gasteiger partial charge in [-0.05, 0) is 58.8 Å². The lowest BCUT2D eigenvalue weighted by atomic mass is 9.75. The molecule has 2 nitrogen and oxygen atoms in total. The van der Waals surface area contributed by atoms with Crippen LogP contribution in [0, 0.1) is 5.41 Å². The number of likely N-dealkylation sites (tertiary alicyclic amines) is 2. The SMILES string of the molecule is CC1CC2(CCN(C)C2)CCN1C. The summed E-state index contributed by atoms with van der Waals surface area (Å²) >= 11 is 0. The second kappa shape index (κ2) is 3.25. The van der Waals surface area contributed by atoms with E-state index in [0.29, 0.717) is 5.41 Å². The molecule has 2 atom stereocenters. The van der Waals surface area contributed by atoms with E-state index in [1.165, 1.54) is 38.9 Å². The average Bonchev–Trinajstić information content (AvgIpc) is 2.42. The van der Waals surface area contributed by atoms with E-state index >= 15 is 0 Å². The van der Waals surface area contributed by atoms with Crippen LogP contribution in [0.1, 0.15) is 26.2 Å². The monoisotopic (exact) mass is 182 g/mol. The zero-order valence-electron chi connectivity index (χ0n) is 9.21. The van der Waals surface area contributed by atoms with Crippen molar-refractivity contribution in [3.63, 3.8) is 0 Å². The minimum absolute atomic E-state index is 0.681. The molecule has 1 spiro atoms. The van der Waals surface area contributed by atoms with E-state index in [1.54, 1.807) is 0 Å². The van der Waals surface area contributed by atoms with Crippen LogP contribution in [0.25, 0.3) is 0 Å². The Balaban J connectivity index is 2.01. The molecule has 0 aromatic rings. The number of piperidine rings is 1. The Kier molecular flexibility index (Phi) is 2.37. The van der Waals surface area contributed by atoms with E-state index in [0.717, 1.165) is 6.04 Å². The topological polar surface area (TPSA) is 6.48 Å². The van der Waals surface area contributed by atoms with Crippen LogP contribution in [0.2, 0.25) is 0 Å². The van der Waals surface area contributed by atoms with Crippen molar-refractivity contribution in [1.82, 2.24) is 9.80 Å². The largest absolute Gasteiger partial charge is 0.306 e. The average molecular weight is 182 g/mol. The summed E-state index contributed by atoms with van der Waals surface area (Å²) in [6.07, 6.45) is 4.26. The van der Waals surface area contributed by atoms with Crippen molar-refractivity contribution < 1.29 is 0 Å². The molecule has 0 aromatic heterocycles. The van der Waals surface area contributed by atoms with E-state index in [2.05, 4.69) is 30.8 Å². The van der Waals surface area contributed by atoms with Gasteiger partial charge in [-0.25, -0.2) is 0 Å². The van der Waals surface area contributed by atoms with Crippen LogP contribution >= 0.6 is 0 Å². The second-order valence-electron chi connectivity index (χ2n) is 5.27. The van der Waals surface area contributed by atoms with Gasteiger partial charge in [0.2, 0.25) is 0 Å². The molecule has 13 heavy (non-hydrogen) atoms. The van der Waals surface area contributed by atoms with Gasteiger partial charge in [0.25, 0.3) is 0 Å². The van der Waals surface area contributed by atoms with Gasteiger partial charge < -0.3 is 9.80 Å². The first-order chi connectivity index (χ1) is 6.11. The molecule has 2 aliphatic rings. The van der Waals surface area contributed by atoms with Crippen molar-refractivity contribution >= 4 is 0 Å². The summed E-state index contributed by atoms with van der Waals surface area (Å²) in [6, 6.07) is 0.792. The van der Waals surface area contributed by atoms with Gasteiger partial charge in [-0.3, -0.25) is 0 Å². The van der Waals surface area contributed by atoms with E-state index < -0.39 is 0 Å². The van der Waals surface area contributed by atoms with Crippen molar-refractivity contribution in [3.8, 4) is 0 Å². The predicted octanol–water partition coefficient (Wildman–Crippen LogP) is 1.42. The molecule has 2 fully saturated rings.